The van der Waals surface area contributed by atoms with E-state index in [1.807, 2.05) is 24.8 Å². The molecule has 1 N–H and O–H groups in total. The first kappa shape index (κ1) is 20.7. The molecule has 0 saturated carbocycles. The van der Waals surface area contributed by atoms with E-state index >= 15 is 0 Å². The van der Waals surface area contributed by atoms with Crippen LogP contribution in [-0.4, -0.2) is 65.9 Å². The van der Waals surface area contributed by atoms with E-state index < -0.39 is 6.04 Å². The lowest BCUT2D eigenvalue weighted by atomic mass is 10.0. The summed E-state index contributed by atoms with van der Waals surface area (Å²) in [5.41, 5.74) is 2.22. The Balaban J connectivity index is 0.00000109. The average molecular weight is 407 g/mol. The number of rotatable bonds is 2. The minimum atomic E-state index is -0.470. The van der Waals surface area contributed by atoms with Crippen molar-refractivity contribution in [2.75, 3.05) is 38.1 Å². The Labute approximate surface area is 170 Å². The predicted octanol–water partition coefficient (Wildman–Crippen LogP) is 1.90. The number of benzene rings is 1. The van der Waals surface area contributed by atoms with E-state index in [4.69, 9.17) is 12.2 Å². The van der Waals surface area contributed by atoms with Crippen LogP contribution in [0, 0.1) is 5.82 Å². The number of nitrogens with zero attached hydrogens (tertiary/aromatic N) is 3. The normalized spacial score (nSPS) is 22.6. The number of piperazine rings is 1. The van der Waals surface area contributed by atoms with Gasteiger partial charge in [-0.2, -0.15) is 0 Å². The van der Waals surface area contributed by atoms with Crippen molar-refractivity contribution in [3.05, 3.63) is 29.1 Å². The molecule has 0 aliphatic carbocycles. The fourth-order valence-electron chi connectivity index (χ4n) is 3.87. The van der Waals surface area contributed by atoms with Crippen LogP contribution in [0.4, 0.5) is 10.1 Å². The van der Waals surface area contributed by atoms with E-state index in [9.17, 15) is 14.0 Å². The Bertz CT molecular complexity index is 793. The molecule has 2 amide bonds. The van der Waals surface area contributed by atoms with Crippen molar-refractivity contribution in [1.82, 2.24) is 15.1 Å². The first-order chi connectivity index (χ1) is 13.4. The monoisotopic (exact) mass is 406 g/mol. The fourth-order valence-corrected chi connectivity index (χ4v) is 4.25. The maximum Gasteiger partial charge on any atom is 0.249 e. The third-order valence-electron chi connectivity index (χ3n) is 5.43. The summed E-state index contributed by atoms with van der Waals surface area (Å²) in [5.74, 6) is -0.853. The zero-order chi connectivity index (χ0) is 20.4. The van der Waals surface area contributed by atoms with E-state index in [-0.39, 0.29) is 17.6 Å². The lowest BCUT2D eigenvalue weighted by Crippen LogP contribution is -2.52. The summed E-state index contributed by atoms with van der Waals surface area (Å²) >= 11 is 5.51. The molecule has 2 saturated heterocycles. The molecular formula is C20H27FN4O2S. The van der Waals surface area contributed by atoms with Crippen LogP contribution in [0.2, 0.25) is 0 Å². The molecule has 4 rings (SSSR count). The number of anilines is 1. The molecule has 3 heterocycles. The number of likely N-dealkylation sites (N-methyl/N-ethyl adjacent to an activating group) is 1. The molecule has 0 radical (unpaired) electrons. The van der Waals surface area contributed by atoms with Gasteiger partial charge in [0.2, 0.25) is 11.8 Å². The summed E-state index contributed by atoms with van der Waals surface area (Å²) in [6.45, 7) is 7.84. The lowest BCUT2D eigenvalue weighted by molar-refractivity contribution is -0.136. The number of piperidine rings is 1. The molecule has 0 aromatic heterocycles. The van der Waals surface area contributed by atoms with E-state index in [1.165, 1.54) is 6.07 Å². The zero-order valence-corrected chi connectivity index (χ0v) is 17.4. The number of imide groups is 1. The molecule has 8 heteroatoms. The van der Waals surface area contributed by atoms with Crippen molar-refractivity contribution >= 4 is 34.7 Å². The second-order valence-electron chi connectivity index (χ2n) is 7.15. The summed E-state index contributed by atoms with van der Waals surface area (Å²) in [5, 5.41) is 2.37. The van der Waals surface area contributed by atoms with Gasteiger partial charge in [0.15, 0.2) is 0 Å². The summed E-state index contributed by atoms with van der Waals surface area (Å²) in [6.07, 6.45) is 0.735. The minimum absolute atomic E-state index is 0.253. The van der Waals surface area contributed by atoms with E-state index in [0.717, 1.165) is 31.7 Å². The highest BCUT2D eigenvalue weighted by Gasteiger charge is 2.37. The predicted molar refractivity (Wildman–Crippen MR) is 111 cm³/mol. The van der Waals surface area contributed by atoms with Gasteiger partial charge in [-0.3, -0.25) is 14.9 Å². The molecule has 2 fully saturated rings. The fraction of sp³-hybridized carbons (Fsp3) is 0.550. The Morgan fingerprint density at radius 3 is 2.46 bits per heavy atom. The van der Waals surface area contributed by atoms with E-state index in [0.29, 0.717) is 35.6 Å². The number of hydrogen-bond donors (Lipinski definition) is 1. The molecule has 6 nitrogen and oxygen atoms in total. The zero-order valence-electron chi connectivity index (χ0n) is 16.6. The summed E-state index contributed by atoms with van der Waals surface area (Å²) < 4.78 is 14.7. The van der Waals surface area contributed by atoms with Gasteiger partial charge >= 0.3 is 0 Å². The topological polar surface area (TPSA) is 55.9 Å². The standard InChI is InChI=1S/C18H21FN4O2S.C2H6/c1-21-4-6-22(7-5-21)15-8-11-10-23(18(26)12(11)9-13(15)19)14-2-3-16(24)20-17(14)25;1-2/h8-9,14H,2-7,10H2,1H3,(H,20,24,25);1-2H3. The molecule has 0 bridgehead atoms. The number of fused-ring (bicyclic) bond motifs is 1. The average Bonchev–Trinajstić information content (AvgIpc) is 2.99. The highest BCUT2D eigenvalue weighted by atomic mass is 32.1. The summed E-state index contributed by atoms with van der Waals surface area (Å²) in [4.78, 5) is 30.1. The van der Waals surface area contributed by atoms with Crippen LogP contribution in [0.25, 0.3) is 0 Å². The number of carbonyl (C=O) groups is 2. The molecule has 3 aliphatic heterocycles. The number of thiocarbonyl (C=S) groups is 1. The van der Waals surface area contributed by atoms with E-state index in [1.54, 1.807) is 0 Å². The first-order valence-electron chi connectivity index (χ1n) is 9.84. The van der Waals surface area contributed by atoms with E-state index in [2.05, 4.69) is 22.2 Å². The Morgan fingerprint density at radius 2 is 1.82 bits per heavy atom. The SMILES string of the molecule is CC.CN1CCN(c2cc3c(cc2F)C(=S)N(C2CCC(=O)NC2=O)C3)CC1. The van der Waals surface area contributed by atoms with Crippen molar-refractivity contribution in [1.29, 1.82) is 0 Å². The van der Waals surface area contributed by atoms with Crippen LogP contribution < -0.4 is 10.2 Å². The van der Waals surface area contributed by atoms with Crippen LogP contribution in [0.15, 0.2) is 12.1 Å². The molecular weight excluding hydrogens is 379 g/mol. The second-order valence-corrected chi connectivity index (χ2v) is 7.54. The van der Waals surface area contributed by atoms with Crippen molar-refractivity contribution < 1.29 is 14.0 Å². The Hall–Kier alpha value is -2.06. The van der Waals surface area contributed by atoms with Crippen LogP contribution in [0.3, 0.4) is 0 Å². The number of nitrogens with one attached hydrogen (secondary N) is 1. The molecule has 28 heavy (non-hydrogen) atoms. The lowest BCUT2D eigenvalue weighted by Gasteiger charge is -2.34. The third-order valence-corrected chi connectivity index (χ3v) is 5.89. The molecule has 3 aliphatic rings. The Kier molecular flexibility index (Phi) is 6.30. The number of amides is 2. The third kappa shape index (κ3) is 3.89. The summed E-state index contributed by atoms with van der Waals surface area (Å²) in [6, 6.07) is 2.90. The van der Waals surface area contributed by atoms with Gasteiger partial charge in [0.1, 0.15) is 16.8 Å². The van der Waals surface area contributed by atoms with Crippen molar-refractivity contribution in [2.24, 2.45) is 0 Å². The number of halogens is 1. The van der Waals surface area contributed by atoms with Gasteiger partial charge in [-0.05, 0) is 31.2 Å². The van der Waals surface area contributed by atoms with Crippen molar-refractivity contribution in [3.63, 3.8) is 0 Å². The molecule has 1 aromatic carbocycles. The highest BCUT2D eigenvalue weighted by molar-refractivity contribution is 7.80. The summed E-state index contributed by atoms with van der Waals surface area (Å²) in [7, 11) is 2.06. The number of hydrogen-bond acceptors (Lipinski definition) is 5. The number of carbonyl (C=O) groups excluding carboxylic acids is 2. The smallest absolute Gasteiger partial charge is 0.249 e. The van der Waals surface area contributed by atoms with Crippen LogP contribution in [0.5, 0.6) is 0 Å². The molecule has 0 spiro atoms. The van der Waals surface area contributed by atoms with Gasteiger partial charge in [-0.25, -0.2) is 4.39 Å². The van der Waals surface area contributed by atoms with Crippen LogP contribution in [-0.2, 0) is 16.1 Å². The van der Waals surface area contributed by atoms with Gasteiger partial charge in [0, 0.05) is 44.7 Å². The van der Waals surface area contributed by atoms with Gasteiger partial charge in [0.05, 0.1) is 5.69 Å². The van der Waals surface area contributed by atoms with Gasteiger partial charge in [-0.15, -0.1) is 0 Å². The second kappa shape index (κ2) is 8.53. The van der Waals surface area contributed by atoms with Crippen molar-refractivity contribution in [3.8, 4) is 0 Å². The molecule has 1 atom stereocenters. The molecule has 1 aromatic rings. The van der Waals surface area contributed by atoms with Crippen molar-refractivity contribution in [2.45, 2.75) is 39.3 Å². The largest absolute Gasteiger partial charge is 0.367 e. The first-order valence-corrected chi connectivity index (χ1v) is 10.3. The highest BCUT2D eigenvalue weighted by Crippen LogP contribution is 2.33. The van der Waals surface area contributed by atoms with Crippen LogP contribution in [0.1, 0.15) is 37.8 Å². The van der Waals surface area contributed by atoms with Gasteiger partial charge in [0.25, 0.3) is 0 Å². The van der Waals surface area contributed by atoms with Crippen LogP contribution >= 0.6 is 12.2 Å². The quantitative estimate of drug-likeness (QED) is 0.598. The maximum atomic E-state index is 14.7. The minimum Gasteiger partial charge on any atom is -0.367 e. The maximum absolute atomic E-state index is 14.7. The Morgan fingerprint density at radius 1 is 1.14 bits per heavy atom. The molecule has 152 valence electrons. The van der Waals surface area contributed by atoms with Gasteiger partial charge in [-0.1, -0.05) is 26.1 Å². The van der Waals surface area contributed by atoms with Gasteiger partial charge < -0.3 is 14.7 Å². The molecule has 1 unspecified atom stereocenters.